The molecule has 2 aromatic rings. The van der Waals surface area contributed by atoms with E-state index in [1.807, 2.05) is 13.8 Å². The summed E-state index contributed by atoms with van der Waals surface area (Å²) in [7, 11) is 0. The van der Waals surface area contributed by atoms with Gasteiger partial charge in [0.05, 0.1) is 22.7 Å². The number of para-hydroxylation sites is 1. The van der Waals surface area contributed by atoms with E-state index in [1.54, 1.807) is 54.6 Å². The molecule has 1 aliphatic heterocycles. The van der Waals surface area contributed by atoms with Crippen LogP contribution in [-0.4, -0.2) is 29.6 Å². The fourth-order valence-corrected chi connectivity index (χ4v) is 4.77. The van der Waals surface area contributed by atoms with Gasteiger partial charge in [0.25, 0.3) is 5.91 Å². The molecule has 1 unspecified atom stereocenters. The second kappa shape index (κ2) is 11.8. The van der Waals surface area contributed by atoms with Crippen molar-refractivity contribution in [2.75, 3.05) is 5.32 Å². The van der Waals surface area contributed by atoms with Crippen molar-refractivity contribution in [3.8, 4) is 0 Å². The highest BCUT2D eigenvalue weighted by molar-refractivity contribution is 6.20. The number of primary amides is 1. The molecule has 2 atom stereocenters. The summed E-state index contributed by atoms with van der Waals surface area (Å²) in [5, 5.41) is 5.48. The Hall–Kier alpha value is -4.07. The molecule has 0 bridgehead atoms. The predicted octanol–water partition coefficient (Wildman–Crippen LogP) is 4.34. The standard InChI is InChI=1S/C29H33FN4O3/c1-5-15-29(16-6-2,28(31)37)21(17-18(3)4)26(35)34-25-27(36)32-23-14-10-8-12-20(23)24(33-25)19-11-7-9-13-22(19)30/h5-14,18,21,25H,1-2,15-17H2,3-4H3,(H2,31,37)(H,32,36)(H,34,35)/t21-,25?/m0/s1. The van der Waals surface area contributed by atoms with Crippen LogP contribution in [-0.2, 0) is 14.4 Å². The van der Waals surface area contributed by atoms with E-state index in [2.05, 4.69) is 28.8 Å². The smallest absolute Gasteiger partial charge is 0.269 e. The number of benzene rings is 2. The van der Waals surface area contributed by atoms with E-state index in [0.717, 1.165) is 0 Å². The first-order valence-corrected chi connectivity index (χ1v) is 12.2. The molecule has 1 aliphatic rings. The van der Waals surface area contributed by atoms with E-state index >= 15 is 0 Å². The number of carbonyl (C=O) groups excluding carboxylic acids is 3. The van der Waals surface area contributed by atoms with Crippen molar-refractivity contribution in [3.05, 3.63) is 90.8 Å². The quantitative estimate of drug-likeness (QED) is 0.396. The molecule has 0 fully saturated rings. The van der Waals surface area contributed by atoms with Crippen LogP contribution >= 0.6 is 0 Å². The number of nitrogens with one attached hydrogen (secondary N) is 2. The van der Waals surface area contributed by atoms with Crippen LogP contribution in [0, 0.1) is 23.1 Å². The number of halogens is 1. The average molecular weight is 505 g/mol. The molecule has 8 heteroatoms. The maximum Gasteiger partial charge on any atom is 0.269 e. The van der Waals surface area contributed by atoms with Crippen molar-refractivity contribution < 1.29 is 18.8 Å². The normalized spacial score (nSPS) is 16.1. The van der Waals surface area contributed by atoms with Gasteiger partial charge in [-0.1, -0.05) is 56.3 Å². The Balaban J connectivity index is 2.09. The van der Waals surface area contributed by atoms with Gasteiger partial charge in [0, 0.05) is 11.1 Å². The van der Waals surface area contributed by atoms with E-state index in [9.17, 15) is 18.8 Å². The Morgan fingerprint density at radius 1 is 1.11 bits per heavy atom. The molecule has 3 rings (SSSR count). The number of fused-ring (bicyclic) bond motifs is 1. The van der Waals surface area contributed by atoms with Crippen LogP contribution in [0.3, 0.4) is 0 Å². The number of hydrogen-bond acceptors (Lipinski definition) is 4. The van der Waals surface area contributed by atoms with Crippen molar-refractivity contribution in [2.24, 2.45) is 28.0 Å². The summed E-state index contributed by atoms with van der Waals surface area (Å²) < 4.78 is 14.8. The van der Waals surface area contributed by atoms with Gasteiger partial charge >= 0.3 is 0 Å². The highest BCUT2D eigenvalue weighted by Crippen LogP contribution is 2.40. The second-order valence-electron chi connectivity index (χ2n) is 9.59. The first-order valence-electron chi connectivity index (χ1n) is 12.2. The van der Waals surface area contributed by atoms with Crippen LogP contribution in [0.4, 0.5) is 10.1 Å². The molecule has 3 amide bonds. The van der Waals surface area contributed by atoms with Crippen molar-refractivity contribution in [1.82, 2.24) is 5.32 Å². The van der Waals surface area contributed by atoms with Gasteiger partial charge < -0.3 is 16.4 Å². The summed E-state index contributed by atoms with van der Waals surface area (Å²) in [6.45, 7) is 11.4. The van der Waals surface area contributed by atoms with Gasteiger partial charge in [-0.2, -0.15) is 0 Å². The van der Waals surface area contributed by atoms with Crippen molar-refractivity contribution in [1.29, 1.82) is 0 Å². The Kier molecular flexibility index (Phi) is 8.76. The van der Waals surface area contributed by atoms with Crippen molar-refractivity contribution in [3.63, 3.8) is 0 Å². The van der Waals surface area contributed by atoms with Gasteiger partial charge in [-0.15, -0.1) is 13.2 Å². The van der Waals surface area contributed by atoms with Gasteiger partial charge in [0.2, 0.25) is 18.0 Å². The SMILES string of the molecule is C=CCC(CC=C)(C(N)=O)[C@@H](CC(C)C)C(=O)NC1N=C(c2ccccc2F)c2ccccc2NC1=O. The number of hydrogen-bond donors (Lipinski definition) is 3. The lowest BCUT2D eigenvalue weighted by Gasteiger charge is -2.37. The number of rotatable bonds is 11. The highest BCUT2D eigenvalue weighted by Gasteiger charge is 2.47. The van der Waals surface area contributed by atoms with Crippen LogP contribution in [0.25, 0.3) is 0 Å². The number of amides is 3. The van der Waals surface area contributed by atoms with Crippen molar-refractivity contribution >= 4 is 29.1 Å². The number of allylic oxidation sites excluding steroid dienone is 2. The van der Waals surface area contributed by atoms with Crippen LogP contribution in [0.15, 0.2) is 78.8 Å². The number of benzodiazepines with no additional fused rings is 1. The van der Waals surface area contributed by atoms with E-state index in [1.165, 1.54) is 6.07 Å². The zero-order valence-corrected chi connectivity index (χ0v) is 21.2. The molecule has 4 N–H and O–H groups in total. The van der Waals surface area contributed by atoms with Crippen LogP contribution in [0.5, 0.6) is 0 Å². The summed E-state index contributed by atoms with van der Waals surface area (Å²) in [5.74, 6) is -3.16. The van der Waals surface area contributed by atoms with Gasteiger partial charge in [-0.3, -0.25) is 14.4 Å². The minimum absolute atomic E-state index is 0.0359. The molecule has 0 radical (unpaired) electrons. The fourth-order valence-electron chi connectivity index (χ4n) is 4.77. The fraction of sp³-hybridized carbons (Fsp3) is 0.310. The summed E-state index contributed by atoms with van der Waals surface area (Å²) in [6, 6.07) is 13.0. The van der Waals surface area contributed by atoms with Gasteiger partial charge in [-0.25, -0.2) is 9.38 Å². The number of nitrogens with two attached hydrogens (primary N) is 1. The second-order valence-corrected chi connectivity index (χ2v) is 9.59. The van der Waals surface area contributed by atoms with Crippen LogP contribution in [0.1, 0.15) is 44.2 Å². The van der Waals surface area contributed by atoms with Crippen LogP contribution in [0.2, 0.25) is 0 Å². The van der Waals surface area contributed by atoms with Gasteiger partial charge in [0.15, 0.2) is 0 Å². The number of carbonyl (C=O) groups is 3. The Labute approximate surface area is 216 Å². The lowest BCUT2D eigenvalue weighted by atomic mass is 9.66. The van der Waals surface area contributed by atoms with Gasteiger partial charge in [0.1, 0.15) is 5.82 Å². The first-order chi connectivity index (χ1) is 17.6. The molecule has 194 valence electrons. The lowest BCUT2D eigenvalue weighted by molar-refractivity contribution is -0.142. The summed E-state index contributed by atoms with van der Waals surface area (Å²) in [6.07, 6.45) is 2.38. The minimum Gasteiger partial charge on any atom is -0.369 e. The zero-order valence-electron chi connectivity index (χ0n) is 21.2. The third-order valence-electron chi connectivity index (χ3n) is 6.55. The van der Waals surface area contributed by atoms with E-state index in [-0.39, 0.29) is 30.0 Å². The number of nitrogens with zero attached hydrogens (tertiary/aromatic N) is 1. The first kappa shape index (κ1) is 27.5. The molecule has 0 saturated heterocycles. The largest absolute Gasteiger partial charge is 0.369 e. The Morgan fingerprint density at radius 3 is 2.27 bits per heavy atom. The molecular weight excluding hydrogens is 471 g/mol. The number of anilines is 1. The number of aliphatic imine (C=N–C) groups is 1. The maximum absolute atomic E-state index is 14.8. The predicted molar refractivity (Wildman–Crippen MR) is 143 cm³/mol. The molecule has 1 heterocycles. The Bertz CT molecular complexity index is 1230. The highest BCUT2D eigenvalue weighted by atomic mass is 19.1. The molecular formula is C29H33FN4O3. The summed E-state index contributed by atoms with van der Waals surface area (Å²) in [4.78, 5) is 44.3. The monoisotopic (exact) mass is 504 g/mol. The zero-order chi connectivity index (χ0) is 27.2. The molecule has 2 aromatic carbocycles. The molecule has 0 spiro atoms. The third kappa shape index (κ3) is 5.85. The summed E-state index contributed by atoms with van der Waals surface area (Å²) in [5.41, 5.74) is 5.94. The molecule has 37 heavy (non-hydrogen) atoms. The molecule has 0 aromatic heterocycles. The molecule has 0 aliphatic carbocycles. The Morgan fingerprint density at radius 2 is 1.70 bits per heavy atom. The van der Waals surface area contributed by atoms with E-state index in [4.69, 9.17) is 5.73 Å². The lowest BCUT2D eigenvalue weighted by Crippen LogP contribution is -2.53. The summed E-state index contributed by atoms with van der Waals surface area (Å²) >= 11 is 0. The third-order valence-corrected chi connectivity index (χ3v) is 6.55. The van der Waals surface area contributed by atoms with Crippen LogP contribution < -0.4 is 16.4 Å². The maximum atomic E-state index is 14.8. The average Bonchev–Trinajstić information content (AvgIpc) is 2.98. The van der Waals surface area contributed by atoms with Crippen molar-refractivity contribution in [2.45, 2.75) is 39.3 Å². The van der Waals surface area contributed by atoms with Gasteiger partial charge in [-0.05, 0) is 43.4 Å². The molecule has 0 saturated carbocycles. The van der Waals surface area contributed by atoms with E-state index < -0.39 is 41.0 Å². The molecule has 7 nitrogen and oxygen atoms in total. The van der Waals surface area contributed by atoms with E-state index in [0.29, 0.717) is 17.7 Å². The topological polar surface area (TPSA) is 114 Å². The minimum atomic E-state index is -1.37.